The first-order chi connectivity index (χ1) is 8.78. The Morgan fingerprint density at radius 3 is 2.32 bits per heavy atom. The van der Waals surface area contributed by atoms with Gasteiger partial charge in [-0.3, -0.25) is 4.18 Å². The van der Waals surface area contributed by atoms with E-state index in [9.17, 15) is 21.6 Å². The summed E-state index contributed by atoms with van der Waals surface area (Å²) in [6.07, 6.45) is -6.31. The summed E-state index contributed by atoms with van der Waals surface area (Å²) >= 11 is 0. The van der Waals surface area contributed by atoms with E-state index in [-0.39, 0.29) is 12.8 Å². The van der Waals surface area contributed by atoms with E-state index in [1.54, 1.807) is 30.3 Å². The van der Waals surface area contributed by atoms with Gasteiger partial charge in [0.15, 0.2) is 0 Å². The summed E-state index contributed by atoms with van der Waals surface area (Å²) in [5.74, 6) is 0. The molecule has 1 aromatic rings. The molecule has 0 aromatic heterocycles. The van der Waals surface area contributed by atoms with E-state index in [0.717, 1.165) is 0 Å². The van der Waals surface area contributed by atoms with Crippen LogP contribution in [-0.4, -0.2) is 19.8 Å². The summed E-state index contributed by atoms with van der Waals surface area (Å²) in [5.41, 5.74) is 0.663. The highest BCUT2D eigenvalue weighted by atomic mass is 32.2. The molecule has 0 radical (unpaired) electrons. The lowest BCUT2D eigenvalue weighted by molar-refractivity contribution is -0.136. The minimum atomic E-state index is -4.50. The molecule has 0 bridgehead atoms. The van der Waals surface area contributed by atoms with Crippen LogP contribution >= 0.6 is 0 Å². The molecule has 2 rings (SSSR count). The molecule has 0 N–H and O–H groups in total. The van der Waals surface area contributed by atoms with Crippen molar-refractivity contribution in [2.24, 2.45) is 0 Å². The molecule has 1 aliphatic heterocycles. The molecule has 1 fully saturated rings. The van der Waals surface area contributed by atoms with E-state index in [0.29, 0.717) is 5.56 Å². The van der Waals surface area contributed by atoms with Crippen molar-refractivity contribution < 1.29 is 25.8 Å². The second-order valence-corrected chi connectivity index (χ2v) is 6.35. The number of hydrogen-bond acceptors (Lipinski definition) is 3. The monoisotopic (exact) mass is 294 g/mol. The highest BCUT2D eigenvalue weighted by Gasteiger charge is 2.43. The highest BCUT2D eigenvalue weighted by Crippen LogP contribution is 2.37. The molecular weight excluding hydrogens is 281 g/mol. The van der Waals surface area contributed by atoms with Crippen LogP contribution in [0.3, 0.4) is 0 Å². The van der Waals surface area contributed by atoms with E-state index in [2.05, 4.69) is 0 Å². The molecule has 7 heteroatoms. The van der Waals surface area contributed by atoms with Crippen LogP contribution in [0.15, 0.2) is 30.3 Å². The van der Waals surface area contributed by atoms with Crippen LogP contribution in [0.25, 0.3) is 0 Å². The van der Waals surface area contributed by atoms with Crippen molar-refractivity contribution in [3.8, 4) is 0 Å². The van der Waals surface area contributed by atoms with Gasteiger partial charge in [0.25, 0.3) is 10.1 Å². The normalized spacial score (nSPS) is 27.1. The molecule has 2 unspecified atom stereocenters. The molecule has 1 saturated heterocycles. The van der Waals surface area contributed by atoms with Gasteiger partial charge in [-0.15, -0.1) is 0 Å². The van der Waals surface area contributed by atoms with Gasteiger partial charge in [-0.05, 0) is 18.4 Å². The van der Waals surface area contributed by atoms with E-state index >= 15 is 0 Å². The van der Waals surface area contributed by atoms with Crippen molar-refractivity contribution in [1.29, 1.82) is 0 Å². The van der Waals surface area contributed by atoms with Gasteiger partial charge in [-0.1, -0.05) is 30.3 Å². The summed E-state index contributed by atoms with van der Waals surface area (Å²) < 4.78 is 65.2. The van der Waals surface area contributed by atoms with Crippen molar-refractivity contribution in [2.45, 2.75) is 36.8 Å². The Bertz CT molecular complexity index is 525. The van der Waals surface area contributed by atoms with Gasteiger partial charge in [0, 0.05) is 0 Å². The van der Waals surface area contributed by atoms with Crippen LogP contribution in [0, 0.1) is 0 Å². The summed E-state index contributed by atoms with van der Waals surface area (Å²) in [6.45, 7) is 0. The molecule has 19 heavy (non-hydrogen) atoms. The summed E-state index contributed by atoms with van der Waals surface area (Å²) in [4.78, 5) is 0. The molecule has 1 aromatic carbocycles. The van der Waals surface area contributed by atoms with E-state index < -0.39 is 34.1 Å². The number of benzene rings is 1. The molecule has 0 spiro atoms. The van der Waals surface area contributed by atoms with Crippen LogP contribution in [0.5, 0.6) is 0 Å². The minimum Gasteiger partial charge on any atom is -0.262 e. The molecule has 1 aliphatic rings. The Morgan fingerprint density at radius 1 is 1.16 bits per heavy atom. The maximum Gasteiger partial charge on any atom is 0.390 e. The van der Waals surface area contributed by atoms with Crippen LogP contribution in [-0.2, 0) is 14.3 Å². The lowest BCUT2D eigenvalue weighted by atomic mass is 10.0. The largest absolute Gasteiger partial charge is 0.390 e. The Morgan fingerprint density at radius 2 is 1.79 bits per heavy atom. The molecule has 0 amide bonds. The standard InChI is InChI=1S/C12H13F3O3S/c13-12(14,15)8-10-6-7-11(18-19(10,16)17)9-4-2-1-3-5-9/h1-5,10-11H,6-8H2. The first-order valence-corrected chi connectivity index (χ1v) is 7.29. The zero-order chi connectivity index (χ0) is 14.1. The molecule has 0 aliphatic carbocycles. The topological polar surface area (TPSA) is 43.4 Å². The summed E-state index contributed by atoms with van der Waals surface area (Å²) in [5, 5.41) is -1.49. The lowest BCUT2D eigenvalue weighted by Gasteiger charge is -2.29. The fourth-order valence-corrected chi connectivity index (χ4v) is 3.63. The van der Waals surface area contributed by atoms with Gasteiger partial charge in [-0.25, -0.2) is 0 Å². The third-order valence-corrected chi connectivity index (χ3v) is 4.76. The number of hydrogen-bond donors (Lipinski definition) is 0. The van der Waals surface area contributed by atoms with Gasteiger partial charge in [0.05, 0.1) is 11.7 Å². The highest BCUT2D eigenvalue weighted by molar-refractivity contribution is 7.87. The van der Waals surface area contributed by atoms with Crippen molar-refractivity contribution >= 4 is 10.1 Å². The van der Waals surface area contributed by atoms with Crippen LogP contribution in [0.2, 0.25) is 0 Å². The van der Waals surface area contributed by atoms with Gasteiger partial charge in [-0.2, -0.15) is 21.6 Å². The minimum absolute atomic E-state index is 0.0403. The van der Waals surface area contributed by atoms with E-state index in [1.165, 1.54) is 0 Å². The summed E-state index contributed by atoms with van der Waals surface area (Å²) in [7, 11) is -4.17. The quantitative estimate of drug-likeness (QED) is 0.787. The van der Waals surface area contributed by atoms with Gasteiger partial charge < -0.3 is 0 Å². The second kappa shape index (κ2) is 5.13. The third kappa shape index (κ3) is 3.70. The number of alkyl halides is 3. The Balaban J connectivity index is 2.12. The van der Waals surface area contributed by atoms with Crippen molar-refractivity contribution in [3.63, 3.8) is 0 Å². The van der Waals surface area contributed by atoms with Gasteiger partial charge in [0.2, 0.25) is 0 Å². The average molecular weight is 294 g/mol. The van der Waals surface area contributed by atoms with Gasteiger partial charge >= 0.3 is 6.18 Å². The van der Waals surface area contributed by atoms with Crippen molar-refractivity contribution in [3.05, 3.63) is 35.9 Å². The van der Waals surface area contributed by atoms with Crippen molar-refractivity contribution in [2.75, 3.05) is 0 Å². The zero-order valence-corrected chi connectivity index (χ0v) is 10.7. The van der Waals surface area contributed by atoms with E-state index in [4.69, 9.17) is 4.18 Å². The Kier molecular flexibility index (Phi) is 3.87. The van der Waals surface area contributed by atoms with E-state index in [1.807, 2.05) is 0 Å². The smallest absolute Gasteiger partial charge is 0.262 e. The Labute approximate surface area is 109 Å². The van der Waals surface area contributed by atoms with Crippen LogP contribution < -0.4 is 0 Å². The zero-order valence-electron chi connectivity index (χ0n) is 9.93. The molecule has 0 saturated carbocycles. The van der Waals surface area contributed by atoms with Crippen LogP contribution in [0.1, 0.15) is 30.9 Å². The number of rotatable bonds is 2. The molecule has 106 valence electrons. The molecule has 1 heterocycles. The Hall–Kier alpha value is -1.08. The molecular formula is C12H13F3O3S. The first kappa shape index (κ1) is 14.3. The fourth-order valence-electron chi connectivity index (χ4n) is 2.12. The first-order valence-electron chi connectivity index (χ1n) is 5.82. The average Bonchev–Trinajstić information content (AvgIpc) is 2.31. The van der Waals surface area contributed by atoms with Gasteiger partial charge in [0.1, 0.15) is 6.10 Å². The maximum absolute atomic E-state index is 12.3. The SMILES string of the molecule is O=S1(=O)OC(c2ccccc2)CCC1CC(F)(F)F. The van der Waals surface area contributed by atoms with Crippen molar-refractivity contribution in [1.82, 2.24) is 0 Å². The maximum atomic E-state index is 12.3. The molecule has 2 atom stereocenters. The third-order valence-electron chi connectivity index (χ3n) is 3.04. The summed E-state index contributed by atoms with van der Waals surface area (Å²) in [6, 6.07) is 8.63. The fraction of sp³-hybridized carbons (Fsp3) is 0.500. The predicted molar refractivity (Wildman–Crippen MR) is 62.9 cm³/mol. The lowest BCUT2D eigenvalue weighted by Crippen LogP contribution is -2.34. The number of halogens is 3. The molecule has 3 nitrogen and oxygen atoms in total. The van der Waals surface area contributed by atoms with Crippen LogP contribution in [0.4, 0.5) is 13.2 Å². The second-order valence-electron chi connectivity index (χ2n) is 4.51. The predicted octanol–water partition coefficient (Wildman–Crippen LogP) is 3.19.